The first-order valence-corrected chi connectivity index (χ1v) is 6.52. The lowest BCUT2D eigenvalue weighted by Crippen LogP contribution is -2.39. The van der Waals surface area contributed by atoms with Gasteiger partial charge in [0.1, 0.15) is 17.7 Å². The van der Waals surface area contributed by atoms with Crippen molar-refractivity contribution in [1.29, 1.82) is 0 Å². The fraction of sp³-hybridized carbons (Fsp3) is 0.692. The van der Waals surface area contributed by atoms with Crippen molar-refractivity contribution < 1.29 is 9.47 Å². The fourth-order valence-electron chi connectivity index (χ4n) is 2.72. The Kier molecular flexibility index (Phi) is 3.18. The van der Waals surface area contributed by atoms with Gasteiger partial charge in [0.2, 0.25) is 0 Å². The molecule has 0 aromatic carbocycles. The summed E-state index contributed by atoms with van der Waals surface area (Å²) < 4.78 is 11.0. The van der Waals surface area contributed by atoms with E-state index in [9.17, 15) is 0 Å². The number of aryl methyl sites for hydroxylation is 1. The molecule has 5 nitrogen and oxygen atoms in total. The molecular weight excluding hydrogens is 230 g/mol. The second kappa shape index (κ2) is 4.82. The third-order valence-corrected chi connectivity index (χ3v) is 3.95. The molecule has 1 saturated heterocycles. The van der Waals surface area contributed by atoms with E-state index in [-0.39, 0.29) is 5.60 Å². The molecule has 2 heterocycles. The number of nitrogens with zero attached hydrogens (tertiary/aromatic N) is 2. The highest BCUT2D eigenvalue weighted by Gasteiger charge is 2.35. The minimum atomic E-state index is -0.198. The minimum absolute atomic E-state index is 0.198. The van der Waals surface area contributed by atoms with Gasteiger partial charge in [0.05, 0.1) is 6.61 Å². The smallest absolute Gasteiger partial charge is 0.132 e. The topological polar surface area (TPSA) is 56.3 Å². The number of hydrogen-bond acceptors (Lipinski definition) is 5. The zero-order valence-electron chi connectivity index (χ0n) is 10.7. The van der Waals surface area contributed by atoms with Crippen molar-refractivity contribution in [3.05, 3.63) is 17.6 Å². The van der Waals surface area contributed by atoms with Crippen LogP contribution in [0.3, 0.4) is 0 Å². The molecule has 5 heteroatoms. The van der Waals surface area contributed by atoms with Gasteiger partial charge in [-0.3, -0.25) is 0 Å². The van der Waals surface area contributed by atoms with E-state index in [0.717, 1.165) is 38.2 Å². The van der Waals surface area contributed by atoms with Gasteiger partial charge < -0.3 is 14.8 Å². The number of hydrogen-bond donors (Lipinski definition) is 1. The van der Waals surface area contributed by atoms with Crippen LogP contribution in [0.1, 0.15) is 24.1 Å². The molecule has 1 aliphatic heterocycles. The van der Waals surface area contributed by atoms with E-state index >= 15 is 0 Å². The first-order chi connectivity index (χ1) is 8.83. The molecule has 1 unspecified atom stereocenters. The first-order valence-electron chi connectivity index (χ1n) is 6.52. The number of rotatable bonds is 4. The molecule has 98 valence electrons. The van der Waals surface area contributed by atoms with Crippen LogP contribution in [0, 0.1) is 0 Å². The molecule has 1 N–H and O–H groups in total. The highest BCUT2D eigenvalue weighted by molar-refractivity contribution is 5.48. The normalized spacial score (nSPS) is 26.3. The number of nitrogens with one attached hydrogen (secondary N) is 1. The van der Waals surface area contributed by atoms with Crippen molar-refractivity contribution in [2.75, 3.05) is 32.2 Å². The average Bonchev–Trinajstić information content (AvgIpc) is 3.06. The quantitative estimate of drug-likeness (QED) is 0.868. The lowest BCUT2D eigenvalue weighted by molar-refractivity contribution is -0.00626. The third kappa shape index (κ3) is 2.08. The Morgan fingerprint density at radius 3 is 3.17 bits per heavy atom. The van der Waals surface area contributed by atoms with Gasteiger partial charge in [-0.25, -0.2) is 9.97 Å². The van der Waals surface area contributed by atoms with Crippen molar-refractivity contribution >= 4 is 5.82 Å². The Hall–Kier alpha value is -1.20. The van der Waals surface area contributed by atoms with Crippen LogP contribution < -0.4 is 5.32 Å². The zero-order chi connectivity index (χ0) is 12.4. The SMILES string of the molecule is COC1(CNc2ncnc3c2CCC3)CCOC1. The molecular formula is C13H19N3O2. The van der Waals surface area contributed by atoms with E-state index in [1.807, 2.05) is 0 Å². The first kappa shape index (κ1) is 11.9. The minimum Gasteiger partial charge on any atom is -0.378 e. The Labute approximate surface area is 107 Å². The Morgan fingerprint density at radius 1 is 1.44 bits per heavy atom. The second-order valence-electron chi connectivity index (χ2n) is 5.04. The highest BCUT2D eigenvalue weighted by atomic mass is 16.5. The van der Waals surface area contributed by atoms with Gasteiger partial charge >= 0.3 is 0 Å². The highest BCUT2D eigenvalue weighted by Crippen LogP contribution is 2.27. The molecule has 0 saturated carbocycles. The summed E-state index contributed by atoms with van der Waals surface area (Å²) in [7, 11) is 1.75. The summed E-state index contributed by atoms with van der Waals surface area (Å²) >= 11 is 0. The van der Waals surface area contributed by atoms with E-state index in [2.05, 4.69) is 15.3 Å². The lowest BCUT2D eigenvalue weighted by Gasteiger charge is -2.26. The predicted molar refractivity (Wildman–Crippen MR) is 67.7 cm³/mol. The van der Waals surface area contributed by atoms with Crippen molar-refractivity contribution in [3.63, 3.8) is 0 Å². The number of anilines is 1. The van der Waals surface area contributed by atoms with Gasteiger partial charge in [0, 0.05) is 37.9 Å². The van der Waals surface area contributed by atoms with Crippen LogP contribution in [0.15, 0.2) is 6.33 Å². The molecule has 1 aromatic heterocycles. The van der Waals surface area contributed by atoms with Crippen LogP contribution >= 0.6 is 0 Å². The van der Waals surface area contributed by atoms with Crippen LogP contribution in [0.5, 0.6) is 0 Å². The van der Waals surface area contributed by atoms with Crippen molar-refractivity contribution in [1.82, 2.24) is 9.97 Å². The summed E-state index contributed by atoms with van der Waals surface area (Å²) in [6, 6.07) is 0. The van der Waals surface area contributed by atoms with Crippen LogP contribution in [0.2, 0.25) is 0 Å². The second-order valence-corrected chi connectivity index (χ2v) is 5.04. The summed E-state index contributed by atoms with van der Waals surface area (Å²) in [5.41, 5.74) is 2.28. The summed E-state index contributed by atoms with van der Waals surface area (Å²) in [5.74, 6) is 0.973. The molecule has 1 fully saturated rings. The number of ether oxygens (including phenoxy) is 2. The molecule has 0 bridgehead atoms. The molecule has 1 aliphatic carbocycles. The van der Waals surface area contributed by atoms with Crippen LogP contribution in [0.25, 0.3) is 0 Å². The van der Waals surface area contributed by atoms with Crippen molar-refractivity contribution in [2.45, 2.75) is 31.3 Å². The standard InChI is InChI=1S/C13H19N3O2/c1-17-13(5-6-18-8-13)7-14-12-10-3-2-4-11(10)15-9-16-12/h9H,2-8H2,1H3,(H,14,15,16). The zero-order valence-corrected chi connectivity index (χ0v) is 10.7. The summed E-state index contributed by atoms with van der Waals surface area (Å²) in [4.78, 5) is 8.69. The monoisotopic (exact) mass is 249 g/mol. The van der Waals surface area contributed by atoms with Gasteiger partial charge in [0.25, 0.3) is 0 Å². The maximum atomic E-state index is 5.61. The summed E-state index contributed by atoms with van der Waals surface area (Å²) in [6.45, 7) is 2.17. The van der Waals surface area contributed by atoms with Gasteiger partial charge in [-0.2, -0.15) is 0 Å². The van der Waals surface area contributed by atoms with E-state index in [4.69, 9.17) is 9.47 Å². The molecule has 0 amide bonds. The largest absolute Gasteiger partial charge is 0.378 e. The predicted octanol–water partition coefficient (Wildman–Crippen LogP) is 1.18. The maximum Gasteiger partial charge on any atom is 0.132 e. The Bertz CT molecular complexity index is 430. The molecule has 1 atom stereocenters. The summed E-state index contributed by atoms with van der Waals surface area (Å²) in [6.07, 6.45) is 5.92. The number of fused-ring (bicyclic) bond motifs is 1. The average molecular weight is 249 g/mol. The van der Waals surface area contributed by atoms with Gasteiger partial charge in [0.15, 0.2) is 0 Å². The molecule has 1 aromatic rings. The van der Waals surface area contributed by atoms with Crippen LogP contribution in [0.4, 0.5) is 5.82 Å². The van der Waals surface area contributed by atoms with Crippen LogP contribution in [-0.2, 0) is 22.3 Å². The Morgan fingerprint density at radius 2 is 2.39 bits per heavy atom. The fourth-order valence-corrected chi connectivity index (χ4v) is 2.72. The molecule has 18 heavy (non-hydrogen) atoms. The van der Waals surface area contributed by atoms with E-state index < -0.39 is 0 Å². The molecule has 0 spiro atoms. The maximum absolute atomic E-state index is 5.61. The van der Waals surface area contributed by atoms with E-state index in [0.29, 0.717) is 6.61 Å². The van der Waals surface area contributed by atoms with Crippen molar-refractivity contribution in [2.24, 2.45) is 0 Å². The van der Waals surface area contributed by atoms with Gasteiger partial charge in [-0.05, 0) is 19.3 Å². The van der Waals surface area contributed by atoms with Crippen LogP contribution in [-0.4, -0.2) is 42.4 Å². The van der Waals surface area contributed by atoms with Gasteiger partial charge in [-0.15, -0.1) is 0 Å². The number of aromatic nitrogens is 2. The molecule has 0 radical (unpaired) electrons. The summed E-state index contributed by atoms with van der Waals surface area (Å²) in [5, 5.41) is 3.42. The molecule has 3 rings (SSSR count). The number of methoxy groups -OCH3 is 1. The lowest BCUT2D eigenvalue weighted by atomic mass is 10.0. The van der Waals surface area contributed by atoms with Gasteiger partial charge in [-0.1, -0.05) is 0 Å². The third-order valence-electron chi connectivity index (χ3n) is 3.95. The van der Waals surface area contributed by atoms with Crippen molar-refractivity contribution in [3.8, 4) is 0 Å². The van der Waals surface area contributed by atoms with E-state index in [1.54, 1.807) is 13.4 Å². The van der Waals surface area contributed by atoms with E-state index in [1.165, 1.54) is 17.7 Å². The molecule has 2 aliphatic rings. The Balaban J connectivity index is 1.72.